The van der Waals surface area contributed by atoms with Gasteiger partial charge in [-0.25, -0.2) is 0 Å². The Balaban J connectivity index is 2.19. The highest BCUT2D eigenvalue weighted by Crippen LogP contribution is 2.20. The quantitative estimate of drug-likeness (QED) is 0.627. The van der Waals surface area contributed by atoms with Crippen LogP contribution in [0, 0.1) is 0 Å². The van der Waals surface area contributed by atoms with E-state index in [2.05, 4.69) is 5.32 Å². The summed E-state index contributed by atoms with van der Waals surface area (Å²) in [7, 11) is 1.81. The fourth-order valence-electron chi connectivity index (χ4n) is 2.00. The average Bonchev–Trinajstić information content (AvgIpc) is 2.19. The van der Waals surface area contributed by atoms with Crippen molar-refractivity contribution in [1.29, 1.82) is 0 Å². The first-order valence-corrected chi connectivity index (χ1v) is 5.34. The van der Waals surface area contributed by atoms with Crippen molar-refractivity contribution < 1.29 is 4.74 Å². The van der Waals surface area contributed by atoms with Crippen LogP contribution in [0.4, 0.5) is 0 Å². The Morgan fingerprint density at radius 2 is 2.15 bits per heavy atom. The summed E-state index contributed by atoms with van der Waals surface area (Å²) in [6.45, 7) is 1.80. The van der Waals surface area contributed by atoms with Crippen LogP contribution in [0.25, 0.3) is 0 Å². The van der Waals surface area contributed by atoms with Gasteiger partial charge in [0.25, 0.3) is 0 Å². The van der Waals surface area contributed by atoms with E-state index in [-0.39, 0.29) is 0 Å². The summed E-state index contributed by atoms with van der Waals surface area (Å²) >= 11 is 0. The first kappa shape index (κ1) is 11.0. The van der Waals surface area contributed by atoms with Crippen molar-refractivity contribution in [3.63, 3.8) is 0 Å². The highest BCUT2D eigenvalue weighted by Gasteiger charge is 2.23. The second-order valence-corrected chi connectivity index (χ2v) is 3.76. The smallest absolute Gasteiger partial charge is 0.0724 e. The summed E-state index contributed by atoms with van der Waals surface area (Å²) in [5, 5.41) is 3.52. The minimum Gasteiger partial charge on any atom is -0.380 e. The average molecular weight is 186 g/mol. The van der Waals surface area contributed by atoms with Crippen LogP contribution in [0.5, 0.6) is 0 Å². The topological polar surface area (TPSA) is 47.3 Å². The molecule has 0 aromatic carbocycles. The standard InChI is InChI=1S/C10H22N2O/c1-13-10-6-3-2-5-9(10)12-8-4-7-11/h9-10,12H,2-8,11H2,1H3. The van der Waals surface area contributed by atoms with E-state index in [0.717, 1.165) is 19.5 Å². The first-order chi connectivity index (χ1) is 6.38. The molecule has 0 saturated heterocycles. The van der Waals surface area contributed by atoms with E-state index in [1.54, 1.807) is 0 Å². The molecule has 1 rings (SSSR count). The van der Waals surface area contributed by atoms with Crippen LogP contribution in [0.3, 0.4) is 0 Å². The maximum absolute atomic E-state index is 5.44. The highest BCUT2D eigenvalue weighted by molar-refractivity contribution is 4.81. The van der Waals surface area contributed by atoms with Crippen LogP contribution in [0.1, 0.15) is 32.1 Å². The summed E-state index contributed by atoms with van der Waals surface area (Å²) in [6, 6.07) is 0.560. The Kier molecular flexibility index (Phi) is 5.35. The molecule has 1 fully saturated rings. The van der Waals surface area contributed by atoms with Gasteiger partial charge in [0, 0.05) is 13.2 Å². The molecule has 2 unspecified atom stereocenters. The van der Waals surface area contributed by atoms with Gasteiger partial charge in [-0.1, -0.05) is 12.8 Å². The number of hydrogen-bond donors (Lipinski definition) is 2. The summed E-state index contributed by atoms with van der Waals surface area (Å²) in [5.41, 5.74) is 5.44. The van der Waals surface area contributed by atoms with E-state index in [9.17, 15) is 0 Å². The largest absolute Gasteiger partial charge is 0.380 e. The number of rotatable bonds is 5. The van der Waals surface area contributed by atoms with Crippen molar-refractivity contribution in [1.82, 2.24) is 5.32 Å². The minimum atomic E-state index is 0.423. The molecule has 0 bridgehead atoms. The van der Waals surface area contributed by atoms with Gasteiger partial charge in [-0.3, -0.25) is 0 Å². The molecule has 0 aromatic rings. The molecule has 0 radical (unpaired) electrons. The third-order valence-electron chi connectivity index (χ3n) is 2.79. The maximum atomic E-state index is 5.44. The van der Waals surface area contributed by atoms with E-state index in [1.165, 1.54) is 25.7 Å². The summed E-state index contributed by atoms with van der Waals surface area (Å²) in [4.78, 5) is 0. The Morgan fingerprint density at radius 3 is 2.85 bits per heavy atom. The van der Waals surface area contributed by atoms with Crippen molar-refractivity contribution >= 4 is 0 Å². The molecule has 3 heteroatoms. The Hall–Kier alpha value is -0.120. The molecule has 3 nitrogen and oxygen atoms in total. The second kappa shape index (κ2) is 6.35. The maximum Gasteiger partial charge on any atom is 0.0724 e. The molecule has 0 spiro atoms. The lowest BCUT2D eigenvalue weighted by atomic mass is 9.92. The fourth-order valence-corrected chi connectivity index (χ4v) is 2.00. The molecular weight excluding hydrogens is 164 g/mol. The lowest BCUT2D eigenvalue weighted by Crippen LogP contribution is -2.43. The van der Waals surface area contributed by atoms with Gasteiger partial charge in [0.05, 0.1) is 6.10 Å². The van der Waals surface area contributed by atoms with E-state index < -0.39 is 0 Å². The van der Waals surface area contributed by atoms with Gasteiger partial charge in [0.2, 0.25) is 0 Å². The Labute approximate surface area is 81.0 Å². The second-order valence-electron chi connectivity index (χ2n) is 3.76. The van der Waals surface area contributed by atoms with Crippen molar-refractivity contribution in [2.75, 3.05) is 20.2 Å². The zero-order chi connectivity index (χ0) is 9.52. The molecule has 13 heavy (non-hydrogen) atoms. The van der Waals surface area contributed by atoms with Gasteiger partial charge >= 0.3 is 0 Å². The summed E-state index contributed by atoms with van der Waals surface area (Å²) in [5.74, 6) is 0. The van der Waals surface area contributed by atoms with Crippen LogP contribution in [0.15, 0.2) is 0 Å². The van der Waals surface area contributed by atoms with E-state index >= 15 is 0 Å². The molecular formula is C10H22N2O. The van der Waals surface area contributed by atoms with Crippen LogP contribution < -0.4 is 11.1 Å². The highest BCUT2D eigenvalue weighted by atomic mass is 16.5. The van der Waals surface area contributed by atoms with Gasteiger partial charge in [0.15, 0.2) is 0 Å². The Bertz CT molecular complexity index is 130. The lowest BCUT2D eigenvalue weighted by molar-refractivity contribution is 0.0420. The van der Waals surface area contributed by atoms with Gasteiger partial charge in [0.1, 0.15) is 0 Å². The van der Waals surface area contributed by atoms with Crippen LogP contribution in [0.2, 0.25) is 0 Å². The molecule has 78 valence electrons. The molecule has 0 aromatic heterocycles. The van der Waals surface area contributed by atoms with E-state index in [4.69, 9.17) is 10.5 Å². The molecule has 1 aliphatic carbocycles. The van der Waals surface area contributed by atoms with Crippen molar-refractivity contribution in [2.45, 2.75) is 44.2 Å². The number of ether oxygens (including phenoxy) is 1. The first-order valence-electron chi connectivity index (χ1n) is 5.34. The van der Waals surface area contributed by atoms with Gasteiger partial charge < -0.3 is 15.8 Å². The van der Waals surface area contributed by atoms with E-state index in [0.29, 0.717) is 12.1 Å². The summed E-state index contributed by atoms with van der Waals surface area (Å²) < 4.78 is 5.44. The van der Waals surface area contributed by atoms with Crippen molar-refractivity contribution in [3.05, 3.63) is 0 Å². The third kappa shape index (κ3) is 3.63. The number of nitrogens with two attached hydrogens (primary N) is 1. The SMILES string of the molecule is COC1CCCCC1NCCCN. The van der Waals surface area contributed by atoms with Crippen LogP contribution in [-0.4, -0.2) is 32.3 Å². The molecule has 3 N–H and O–H groups in total. The normalized spacial score (nSPS) is 29.1. The van der Waals surface area contributed by atoms with Crippen molar-refractivity contribution in [2.24, 2.45) is 5.73 Å². The molecule has 1 aliphatic rings. The zero-order valence-electron chi connectivity index (χ0n) is 8.59. The molecule has 1 saturated carbocycles. The third-order valence-corrected chi connectivity index (χ3v) is 2.79. The minimum absolute atomic E-state index is 0.423. The van der Waals surface area contributed by atoms with Crippen LogP contribution in [-0.2, 0) is 4.74 Å². The Morgan fingerprint density at radius 1 is 1.38 bits per heavy atom. The predicted molar refractivity (Wildman–Crippen MR) is 54.7 cm³/mol. The fraction of sp³-hybridized carbons (Fsp3) is 1.00. The molecule has 0 amide bonds. The van der Waals surface area contributed by atoms with E-state index in [1.807, 2.05) is 7.11 Å². The van der Waals surface area contributed by atoms with Crippen LogP contribution >= 0.6 is 0 Å². The predicted octanol–water partition coefficient (Wildman–Crippen LogP) is 0.882. The molecule has 0 heterocycles. The van der Waals surface area contributed by atoms with Crippen molar-refractivity contribution in [3.8, 4) is 0 Å². The van der Waals surface area contributed by atoms with Gasteiger partial charge in [-0.05, 0) is 32.4 Å². The summed E-state index contributed by atoms with van der Waals surface area (Å²) in [6.07, 6.45) is 6.59. The van der Waals surface area contributed by atoms with Gasteiger partial charge in [-0.15, -0.1) is 0 Å². The number of nitrogens with one attached hydrogen (secondary N) is 1. The molecule has 0 aliphatic heterocycles. The monoisotopic (exact) mass is 186 g/mol. The zero-order valence-corrected chi connectivity index (χ0v) is 8.59. The lowest BCUT2D eigenvalue weighted by Gasteiger charge is -2.31. The van der Waals surface area contributed by atoms with Gasteiger partial charge in [-0.2, -0.15) is 0 Å². The number of methoxy groups -OCH3 is 1. The molecule has 2 atom stereocenters. The number of hydrogen-bond acceptors (Lipinski definition) is 3.